The van der Waals surface area contributed by atoms with E-state index < -0.39 is 29.1 Å². The molecule has 2 aromatic heterocycles. The van der Waals surface area contributed by atoms with Gasteiger partial charge in [0, 0.05) is 23.1 Å². The maximum Gasteiger partial charge on any atom is 0.303 e. The van der Waals surface area contributed by atoms with E-state index in [0.717, 1.165) is 34.5 Å². The molecule has 0 atom stereocenters. The van der Waals surface area contributed by atoms with Gasteiger partial charge in [-0.1, -0.05) is 24.3 Å². The van der Waals surface area contributed by atoms with Crippen LogP contribution in [-0.2, 0) is 11.2 Å². The van der Waals surface area contributed by atoms with Gasteiger partial charge in [0.1, 0.15) is 23.0 Å². The van der Waals surface area contributed by atoms with E-state index in [2.05, 4.69) is 10.3 Å². The molecule has 6 nitrogen and oxygen atoms in total. The molecule has 2 N–H and O–H groups in total. The van der Waals surface area contributed by atoms with E-state index in [-0.39, 0.29) is 12.2 Å². The number of pyridine rings is 2. The monoisotopic (exact) mass is 475 g/mol. The van der Waals surface area contributed by atoms with Crippen LogP contribution in [0.1, 0.15) is 39.2 Å². The van der Waals surface area contributed by atoms with Gasteiger partial charge in [0.05, 0.1) is 11.2 Å². The molecule has 2 heterocycles. The Morgan fingerprint density at radius 1 is 0.943 bits per heavy atom. The molecule has 0 aliphatic heterocycles. The van der Waals surface area contributed by atoms with Crippen molar-refractivity contribution in [2.75, 3.05) is 5.32 Å². The predicted molar refractivity (Wildman–Crippen MR) is 129 cm³/mol. The number of aryl methyl sites for hydroxylation is 4. The van der Waals surface area contributed by atoms with E-state index in [4.69, 9.17) is 10.1 Å². The molecule has 0 aliphatic carbocycles. The molecule has 4 aromatic rings. The molecule has 1 amide bonds. The van der Waals surface area contributed by atoms with Gasteiger partial charge in [-0.15, -0.1) is 0 Å². The molecular weight excluding hydrogens is 452 g/mol. The number of nitrogens with one attached hydrogen (secondary N) is 1. The molecule has 0 radical (unpaired) electrons. The van der Waals surface area contributed by atoms with Crippen LogP contribution >= 0.6 is 0 Å². The second-order valence-electron chi connectivity index (χ2n) is 8.37. The van der Waals surface area contributed by atoms with Gasteiger partial charge < -0.3 is 10.4 Å². The number of amides is 1. The first-order chi connectivity index (χ1) is 16.7. The molecular formula is C27H23F2N3O3. The van der Waals surface area contributed by atoms with Crippen LogP contribution in [0.4, 0.5) is 14.6 Å². The van der Waals surface area contributed by atoms with Gasteiger partial charge in [-0.05, 0) is 68.1 Å². The number of hydrogen-bond acceptors (Lipinski definition) is 4. The molecule has 0 aliphatic rings. The SMILES string of the molecule is Cc1cc(C)c(-c2ccc(CCC(=O)O)c3ccc(NC(=O)c4c(F)cccc4F)nc23)nc1C. The highest BCUT2D eigenvalue weighted by molar-refractivity contribution is 6.05. The summed E-state index contributed by atoms with van der Waals surface area (Å²) in [5.74, 6) is -3.73. The summed E-state index contributed by atoms with van der Waals surface area (Å²) in [6.45, 7) is 5.81. The van der Waals surface area contributed by atoms with Crippen LogP contribution < -0.4 is 5.32 Å². The first-order valence-corrected chi connectivity index (χ1v) is 11.0. The van der Waals surface area contributed by atoms with Crippen LogP contribution in [0.3, 0.4) is 0 Å². The summed E-state index contributed by atoms with van der Waals surface area (Å²) in [4.78, 5) is 33.1. The number of carbonyl (C=O) groups is 2. The number of benzene rings is 2. The second kappa shape index (κ2) is 9.58. The third-order valence-electron chi connectivity index (χ3n) is 5.90. The first kappa shape index (κ1) is 23.9. The van der Waals surface area contributed by atoms with Crippen LogP contribution in [0.25, 0.3) is 22.2 Å². The van der Waals surface area contributed by atoms with Crippen LogP contribution in [-0.4, -0.2) is 27.0 Å². The number of hydrogen-bond donors (Lipinski definition) is 2. The topological polar surface area (TPSA) is 92.2 Å². The second-order valence-corrected chi connectivity index (χ2v) is 8.37. The van der Waals surface area contributed by atoms with Crippen molar-refractivity contribution in [2.24, 2.45) is 0 Å². The number of halogens is 2. The normalized spacial score (nSPS) is 11.0. The Morgan fingerprint density at radius 2 is 1.66 bits per heavy atom. The van der Waals surface area contributed by atoms with Crippen molar-refractivity contribution in [1.82, 2.24) is 9.97 Å². The highest BCUT2D eigenvalue weighted by atomic mass is 19.1. The molecule has 0 spiro atoms. The third kappa shape index (κ3) is 4.87. The lowest BCUT2D eigenvalue weighted by Crippen LogP contribution is -2.16. The van der Waals surface area contributed by atoms with Crippen molar-refractivity contribution in [3.05, 3.63) is 88.1 Å². The van der Waals surface area contributed by atoms with Crippen molar-refractivity contribution in [2.45, 2.75) is 33.6 Å². The van der Waals surface area contributed by atoms with E-state index in [1.54, 1.807) is 6.07 Å². The van der Waals surface area contributed by atoms with Crippen molar-refractivity contribution < 1.29 is 23.5 Å². The smallest absolute Gasteiger partial charge is 0.303 e. The van der Waals surface area contributed by atoms with Crippen molar-refractivity contribution >= 4 is 28.6 Å². The van der Waals surface area contributed by atoms with E-state index in [0.29, 0.717) is 28.6 Å². The van der Waals surface area contributed by atoms with E-state index in [9.17, 15) is 18.4 Å². The predicted octanol–water partition coefficient (Wildman–Crippen LogP) is 5.77. The van der Waals surface area contributed by atoms with Crippen LogP contribution in [0.2, 0.25) is 0 Å². The largest absolute Gasteiger partial charge is 0.481 e. The Bertz CT molecular complexity index is 1460. The van der Waals surface area contributed by atoms with Crippen molar-refractivity contribution in [1.29, 1.82) is 0 Å². The van der Waals surface area contributed by atoms with Gasteiger partial charge in [0.25, 0.3) is 5.91 Å². The summed E-state index contributed by atoms with van der Waals surface area (Å²) in [5.41, 5.74) is 4.81. The fourth-order valence-corrected chi connectivity index (χ4v) is 4.00. The third-order valence-corrected chi connectivity index (χ3v) is 5.90. The summed E-state index contributed by atoms with van der Waals surface area (Å²) in [6.07, 6.45) is 0.236. The van der Waals surface area contributed by atoms with E-state index in [1.165, 1.54) is 12.1 Å². The molecule has 0 saturated heterocycles. The zero-order valence-electron chi connectivity index (χ0n) is 19.4. The maximum atomic E-state index is 14.1. The highest BCUT2D eigenvalue weighted by Crippen LogP contribution is 2.33. The van der Waals surface area contributed by atoms with Crippen LogP contribution in [0.5, 0.6) is 0 Å². The lowest BCUT2D eigenvalue weighted by molar-refractivity contribution is -0.136. The van der Waals surface area contributed by atoms with E-state index >= 15 is 0 Å². The zero-order valence-corrected chi connectivity index (χ0v) is 19.4. The van der Waals surface area contributed by atoms with Gasteiger partial charge >= 0.3 is 5.97 Å². The summed E-state index contributed by atoms with van der Waals surface area (Å²) >= 11 is 0. The maximum absolute atomic E-state index is 14.1. The number of fused-ring (bicyclic) bond motifs is 1. The number of aromatic nitrogens is 2. The highest BCUT2D eigenvalue weighted by Gasteiger charge is 2.19. The fraction of sp³-hybridized carbons (Fsp3) is 0.185. The van der Waals surface area contributed by atoms with Gasteiger partial charge in [-0.3, -0.25) is 14.6 Å². The first-order valence-electron chi connectivity index (χ1n) is 11.0. The quantitative estimate of drug-likeness (QED) is 0.369. The number of carbonyl (C=O) groups excluding carboxylic acids is 1. The molecule has 0 saturated carbocycles. The molecule has 178 valence electrons. The molecule has 0 bridgehead atoms. The lowest BCUT2D eigenvalue weighted by Gasteiger charge is -2.15. The minimum absolute atomic E-state index is 0.0551. The van der Waals surface area contributed by atoms with Crippen molar-refractivity contribution in [3.63, 3.8) is 0 Å². The van der Waals surface area contributed by atoms with Gasteiger partial charge in [0.2, 0.25) is 0 Å². The molecule has 0 fully saturated rings. The Balaban J connectivity index is 1.85. The Labute approximate surface area is 200 Å². The number of rotatable bonds is 6. The number of aliphatic carboxylic acids is 1. The fourth-order valence-electron chi connectivity index (χ4n) is 4.00. The molecule has 35 heavy (non-hydrogen) atoms. The molecule has 0 unspecified atom stereocenters. The minimum Gasteiger partial charge on any atom is -0.481 e. The summed E-state index contributed by atoms with van der Waals surface area (Å²) in [6, 6.07) is 12.1. The summed E-state index contributed by atoms with van der Waals surface area (Å²) in [7, 11) is 0. The number of nitrogens with zero attached hydrogens (tertiary/aromatic N) is 2. The van der Waals surface area contributed by atoms with Crippen molar-refractivity contribution in [3.8, 4) is 11.3 Å². The Kier molecular flexibility index (Phi) is 6.55. The average Bonchev–Trinajstić information content (AvgIpc) is 2.79. The van der Waals surface area contributed by atoms with Gasteiger partial charge in [-0.2, -0.15) is 0 Å². The Morgan fingerprint density at radius 3 is 2.34 bits per heavy atom. The number of carboxylic acids is 1. The lowest BCUT2D eigenvalue weighted by atomic mass is 9.96. The molecule has 4 rings (SSSR count). The minimum atomic E-state index is -0.977. The summed E-state index contributed by atoms with van der Waals surface area (Å²) < 4.78 is 28.2. The van der Waals surface area contributed by atoms with E-state index in [1.807, 2.05) is 39.0 Å². The Hall–Kier alpha value is -4.20. The molecule has 2 aromatic carbocycles. The standard InChI is InChI=1S/C27H23F2N3O3/c1-14-13-15(2)25(30-16(14)3)19-9-7-17(8-12-23(33)34)18-10-11-22(31-26(18)19)32-27(35)24-20(28)5-4-6-21(24)29/h4-7,9-11,13H,8,12H2,1-3H3,(H,33,34)(H,31,32,35). The van der Waals surface area contributed by atoms with Crippen LogP contribution in [0, 0.1) is 32.4 Å². The summed E-state index contributed by atoms with van der Waals surface area (Å²) in [5, 5.41) is 12.3. The number of carboxylic acid groups (broad SMARTS) is 1. The van der Waals surface area contributed by atoms with Crippen LogP contribution in [0.15, 0.2) is 48.5 Å². The number of anilines is 1. The molecule has 8 heteroatoms. The van der Waals surface area contributed by atoms with Gasteiger partial charge in [0.15, 0.2) is 0 Å². The zero-order chi connectivity index (χ0) is 25.3. The van der Waals surface area contributed by atoms with Gasteiger partial charge in [-0.25, -0.2) is 13.8 Å². The average molecular weight is 475 g/mol.